The van der Waals surface area contributed by atoms with Gasteiger partial charge in [-0.25, -0.2) is 8.78 Å². The van der Waals surface area contributed by atoms with Crippen LogP contribution in [-0.4, -0.2) is 24.7 Å². The highest BCUT2D eigenvalue weighted by Crippen LogP contribution is 2.12. The molecule has 0 saturated heterocycles. The Morgan fingerprint density at radius 3 is 2.00 bits per heavy atom. The van der Waals surface area contributed by atoms with Crippen LogP contribution in [0.25, 0.3) is 0 Å². The molecule has 0 aliphatic heterocycles. The van der Waals surface area contributed by atoms with Crippen molar-refractivity contribution in [2.75, 3.05) is 10.6 Å². The van der Waals surface area contributed by atoms with Crippen LogP contribution in [0.1, 0.15) is 11.1 Å². The van der Waals surface area contributed by atoms with Gasteiger partial charge in [-0.1, -0.05) is 24.3 Å². The second kappa shape index (κ2) is 8.83. The molecule has 2 aromatic carbocycles. The normalized spacial score (nSPS) is 10.7. The first kappa shape index (κ1) is 19.7. The van der Waals surface area contributed by atoms with E-state index in [1.807, 2.05) is 12.3 Å². The molecule has 9 heteroatoms. The minimum Gasteiger partial charge on any atom is -0.330 e. The second-order valence-corrected chi connectivity index (χ2v) is 7.10. The Hall–Kier alpha value is -3.59. The van der Waals surface area contributed by atoms with Crippen LogP contribution >= 0.6 is 12.2 Å². The van der Waals surface area contributed by atoms with E-state index in [0.717, 1.165) is 16.8 Å². The molecule has 0 unspecified atom stereocenters. The summed E-state index contributed by atoms with van der Waals surface area (Å²) >= 11 is 5.34. The molecular formula is C21H18F2N6S. The maximum Gasteiger partial charge on any atom is 0.175 e. The van der Waals surface area contributed by atoms with Gasteiger partial charge in [0.25, 0.3) is 0 Å². The highest BCUT2D eigenvalue weighted by Gasteiger charge is 2.06. The summed E-state index contributed by atoms with van der Waals surface area (Å²) in [5, 5.41) is 15.0. The Labute approximate surface area is 177 Å². The predicted octanol–water partition coefficient (Wildman–Crippen LogP) is 4.26. The quantitative estimate of drug-likeness (QED) is 0.453. The Balaban J connectivity index is 1.31. The van der Waals surface area contributed by atoms with E-state index in [1.165, 1.54) is 24.3 Å². The summed E-state index contributed by atoms with van der Waals surface area (Å²) in [5.41, 5.74) is 3.20. The molecule has 0 amide bonds. The van der Waals surface area contributed by atoms with E-state index < -0.39 is 0 Å². The largest absolute Gasteiger partial charge is 0.330 e. The van der Waals surface area contributed by atoms with Crippen LogP contribution in [-0.2, 0) is 13.1 Å². The standard InChI is InChI=1S/C21H18F2N6S/c22-17-6-4-15(5-7-17)11-28-13-19(9-24-28)26-21(30)27-20-10-25-29(14-20)12-16-2-1-3-18(23)8-16/h1-10,13-14H,11-12H2,(H2,26,27,30). The number of benzene rings is 2. The fourth-order valence-electron chi connectivity index (χ4n) is 2.92. The van der Waals surface area contributed by atoms with Gasteiger partial charge in [-0.15, -0.1) is 0 Å². The van der Waals surface area contributed by atoms with Crippen molar-refractivity contribution in [3.8, 4) is 0 Å². The summed E-state index contributed by atoms with van der Waals surface area (Å²) < 4.78 is 29.7. The third-order valence-corrected chi connectivity index (χ3v) is 4.48. The first-order valence-corrected chi connectivity index (χ1v) is 9.56. The second-order valence-electron chi connectivity index (χ2n) is 6.69. The number of halogens is 2. The van der Waals surface area contributed by atoms with E-state index in [1.54, 1.807) is 46.2 Å². The molecule has 0 atom stereocenters. The predicted molar refractivity (Wildman–Crippen MR) is 115 cm³/mol. The molecule has 2 N–H and O–H groups in total. The van der Waals surface area contributed by atoms with Crippen LogP contribution in [0.15, 0.2) is 73.3 Å². The molecule has 4 aromatic rings. The average Bonchev–Trinajstić information content (AvgIpc) is 3.33. The van der Waals surface area contributed by atoms with Crippen LogP contribution in [0, 0.1) is 11.6 Å². The molecule has 0 saturated carbocycles. The number of aromatic nitrogens is 4. The first-order valence-electron chi connectivity index (χ1n) is 9.15. The fourth-order valence-corrected chi connectivity index (χ4v) is 3.16. The number of anilines is 2. The SMILES string of the molecule is Fc1ccc(Cn2cc(NC(=S)Nc3cnn(Cc4cccc(F)c4)c3)cn2)cc1. The molecule has 0 radical (unpaired) electrons. The molecular weight excluding hydrogens is 406 g/mol. The topological polar surface area (TPSA) is 59.7 Å². The maximum absolute atomic E-state index is 13.3. The van der Waals surface area contributed by atoms with Gasteiger partial charge in [-0.05, 0) is 47.6 Å². The number of thiocarbonyl (C=S) groups is 1. The van der Waals surface area contributed by atoms with E-state index in [0.29, 0.717) is 23.9 Å². The molecule has 0 bridgehead atoms. The van der Waals surface area contributed by atoms with Gasteiger partial charge in [0.05, 0.1) is 36.9 Å². The molecule has 0 aliphatic carbocycles. The lowest BCUT2D eigenvalue weighted by atomic mass is 10.2. The van der Waals surface area contributed by atoms with Gasteiger partial charge >= 0.3 is 0 Å². The fraction of sp³-hybridized carbons (Fsp3) is 0.0952. The third kappa shape index (κ3) is 5.26. The summed E-state index contributed by atoms with van der Waals surface area (Å²) in [6.07, 6.45) is 6.90. The van der Waals surface area contributed by atoms with E-state index in [2.05, 4.69) is 20.8 Å². The maximum atomic E-state index is 13.3. The zero-order chi connectivity index (χ0) is 20.9. The molecule has 4 rings (SSSR count). The zero-order valence-corrected chi connectivity index (χ0v) is 16.6. The number of hydrogen-bond acceptors (Lipinski definition) is 3. The number of rotatable bonds is 6. The first-order chi connectivity index (χ1) is 14.5. The van der Waals surface area contributed by atoms with Gasteiger partial charge in [0.15, 0.2) is 5.11 Å². The summed E-state index contributed by atoms with van der Waals surface area (Å²) in [5.74, 6) is -0.541. The van der Waals surface area contributed by atoms with Gasteiger partial charge in [0.2, 0.25) is 0 Å². The summed E-state index contributed by atoms with van der Waals surface area (Å²) in [4.78, 5) is 0. The Morgan fingerprint density at radius 1 is 0.800 bits per heavy atom. The Morgan fingerprint density at radius 2 is 1.40 bits per heavy atom. The van der Waals surface area contributed by atoms with Crippen LogP contribution in [0.4, 0.5) is 20.2 Å². The van der Waals surface area contributed by atoms with Crippen LogP contribution < -0.4 is 10.6 Å². The van der Waals surface area contributed by atoms with Crippen molar-refractivity contribution in [1.82, 2.24) is 19.6 Å². The number of hydrogen-bond donors (Lipinski definition) is 2. The minimum absolute atomic E-state index is 0.266. The van der Waals surface area contributed by atoms with Crippen LogP contribution in [0.3, 0.4) is 0 Å². The highest BCUT2D eigenvalue weighted by molar-refractivity contribution is 7.80. The molecule has 0 fully saturated rings. The van der Waals surface area contributed by atoms with Gasteiger partial charge in [-0.2, -0.15) is 10.2 Å². The molecule has 152 valence electrons. The van der Waals surface area contributed by atoms with Gasteiger partial charge in [0.1, 0.15) is 11.6 Å². The molecule has 0 aliphatic rings. The summed E-state index contributed by atoms with van der Waals surface area (Å²) in [7, 11) is 0. The molecule has 30 heavy (non-hydrogen) atoms. The van der Waals surface area contributed by atoms with E-state index >= 15 is 0 Å². The lowest BCUT2D eigenvalue weighted by molar-refractivity contribution is 0.619. The molecule has 2 heterocycles. The zero-order valence-electron chi connectivity index (χ0n) is 15.8. The smallest absolute Gasteiger partial charge is 0.175 e. The monoisotopic (exact) mass is 424 g/mol. The third-order valence-electron chi connectivity index (χ3n) is 4.27. The van der Waals surface area contributed by atoms with Crippen molar-refractivity contribution in [1.29, 1.82) is 0 Å². The van der Waals surface area contributed by atoms with Crippen LogP contribution in [0.5, 0.6) is 0 Å². The average molecular weight is 424 g/mol. The van der Waals surface area contributed by atoms with Crippen LogP contribution in [0.2, 0.25) is 0 Å². The minimum atomic E-state index is -0.275. The van der Waals surface area contributed by atoms with E-state index in [-0.39, 0.29) is 11.6 Å². The van der Waals surface area contributed by atoms with Crippen molar-refractivity contribution in [3.05, 3.63) is 96.1 Å². The van der Waals surface area contributed by atoms with Crippen molar-refractivity contribution in [2.24, 2.45) is 0 Å². The van der Waals surface area contributed by atoms with Crippen molar-refractivity contribution < 1.29 is 8.78 Å². The summed E-state index contributed by atoms with van der Waals surface area (Å²) in [6.45, 7) is 0.977. The molecule has 2 aromatic heterocycles. The summed E-state index contributed by atoms with van der Waals surface area (Å²) in [6, 6.07) is 12.7. The van der Waals surface area contributed by atoms with Gasteiger partial charge in [-0.3, -0.25) is 9.36 Å². The van der Waals surface area contributed by atoms with Crippen molar-refractivity contribution >= 4 is 28.7 Å². The Bertz CT molecular complexity index is 1150. The molecule has 0 spiro atoms. The van der Waals surface area contributed by atoms with E-state index in [9.17, 15) is 8.78 Å². The Kier molecular flexibility index (Phi) is 5.80. The number of nitrogens with zero attached hydrogens (tertiary/aromatic N) is 4. The van der Waals surface area contributed by atoms with Gasteiger partial charge in [0, 0.05) is 12.4 Å². The van der Waals surface area contributed by atoms with Crippen molar-refractivity contribution in [3.63, 3.8) is 0 Å². The van der Waals surface area contributed by atoms with E-state index in [4.69, 9.17) is 12.2 Å². The lowest BCUT2D eigenvalue weighted by Gasteiger charge is -2.06. The highest BCUT2D eigenvalue weighted by atomic mass is 32.1. The number of nitrogens with one attached hydrogen (secondary N) is 2. The molecule has 6 nitrogen and oxygen atoms in total. The lowest BCUT2D eigenvalue weighted by Crippen LogP contribution is -2.18. The van der Waals surface area contributed by atoms with Crippen molar-refractivity contribution in [2.45, 2.75) is 13.1 Å². The van der Waals surface area contributed by atoms with Gasteiger partial charge < -0.3 is 10.6 Å².